The highest BCUT2D eigenvalue weighted by Crippen LogP contribution is 2.25. The van der Waals surface area contributed by atoms with Crippen molar-refractivity contribution in [3.05, 3.63) is 91.0 Å². The van der Waals surface area contributed by atoms with Gasteiger partial charge in [0.05, 0.1) is 13.2 Å². The number of benzene rings is 3. The lowest BCUT2D eigenvalue weighted by Crippen LogP contribution is -2.06. The van der Waals surface area contributed by atoms with Crippen molar-refractivity contribution in [1.82, 2.24) is 0 Å². The molecule has 0 aliphatic carbocycles. The van der Waals surface area contributed by atoms with E-state index >= 15 is 0 Å². The van der Waals surface area contributed by atoms with Crippen LogP contribution >= 0.6 is 0 Å². The summed E-state index contributed by atoms with van der Waals surface area (Å²) < 4.78 is 22.3. The van der Waals surface area contributed by atoms with Crippen LogP contribution in [0.15, 0.2) is 85.5 Å². The van der Waals surface area contributed by atoms with Crippen LogP contribution in [0.2, 0.25) is 0 Å². The van der Waals surface area contributed by atoms with Gasteiger partial charge in [-0.05, 0) is 59.5 Å². The average Bonchev–Trinajstić information content (AvgIpc) is 2.94. The molecule has 0 amide bonds. The van der Waals surface area contributed by atoms with Gasteiger partial charge in [-0.3, -0.25) is 0 Å². The van der Waals surface area contributed by atoms with Gasteiger partial charge >= 0.3 is 5.97 Å². The fourth-order valence-corrected chi connectivity index (χ4v) is 3.81. The minimum absolute atomic E-state index is 0.111. The number of unbranched alkanes of at least 4 members (excludes halogenated alkanes) is 5. The summed E-state index contributed by atoms with van der Waals surface area (Å²) in [6.07, 6.45) is 9.38. The first-order valence-corrected chi connectivity index (χ1v) is 13.1. The molecule has 0 saturated heterocycles. The molecular weight excluding hydrogens is 464 g/mol. The van der Waals surface area contributed by atoms with E-state index in [2.05, 4.69) is 25.6 Å². The summed E-state index contributed by atoms with van der Waals surface area (Å²) in [6, 6.07) is 23.8. The topological polar surface area (TPSA) is 54.0 Å². The molecule has 0 heterocycles. The zero-order valence-corrected chi connectivity index (χ0v) is 21.8. The second-order valence-corrected chi connectivity index (χ2v) is 8.84. The molecule has 196 valence electrons. The molecule has 0 spiro atoms. The summed E-state index contributed by atoms with van der Waals surface area (Å²) in [5.41, 5.74) is 3.30. The first-order chi connectivity index (χ1) is 18.2. The quantitative estimate of drug-likeness (QED) is 0.0816. The van der Waals surface area contributed by atoms with Gasteiger partial charge in [0.25, 0.3) is 0 Å². The number of hydrogen-bond acceptors (Lipinski definition) is 5. The van der Waals surface area contributed by atoms with Crippen molar-refractivity contribution < 1.29 is 23.7 Å². The fourth-order valence-electron chi connectivity index (χ4n) is 3.81. The van der Waals surface area contributed by atoms with Gasteiger partial charge in [-0.2, -0.15) is 0 Å². The van der Waals surface area contributed by atoms with Crippen LogP contribution < -0.4 is 14.2 Å². The molecule has 0 aliphatic rings. The van der Waals surface area contributed by atoms with E-state index in [1.54, 1.807) is 0 Å². The second kappa shape index (κ2) is 16.1. The molecule has 5 nitrogen and oxygen atoms in total. The van der Waals surface area contributed by atoms with Crippen molar-refractivity contribution in [2.45, 2.75) is 51.9 Å². The Kier molecular flexibility index (Phi) is 12.1. The van der Waals surface area contributed by atoms with E-state index in [4.69, 9.17) is 18.9 Å². The fraction of sp³-hybridized carbons (Fsp3) is 0.344. The van der Waals surface area contributed by atoms with E-state index in [0.717, 1.165) is 47.3 Å². The van der Waals surface area contributed by atoms with E-state index in [1.807, 2.05) is 60.7 Å². The summed E-state index contributed by atoms with van der Waals surface area (Å²) >= 11 is 0. The number of carbonyl (C=O) groups excluding carboxylic acids is 1. The molecule has 3 rings (SSSR count). The average molecular weight is 503 g/mol. The van der Waals surface area contributed by atoms with E-state index < -0.39 is 5.97 Å². The van der Waals surface area contributed by atoms with Gasteiger partial charge in [-0.15, -0.1) is 0 Å². The Morgan fingerprint density at radius 3 is 1.76 bits per heavy atom. The highest BCUT2D eigenvalue weighted by Gasteiger charge is 2.02. The van der Waals surface area contributed by atoms with Gasteiger partial charge in [0.1, 0.15) is 17.2 Å². The minimum Gasteiger partial charge on any atom is -0.494 e. The standard InChI is InChI=1S/C32H38O5/c1-3-5-6-7-8-9-23-34-29-18-12-27(13-19-29)28-14-20-31(21-15-28)37-25-36-30-16-10-26(11-17-30)22-24-35-32(33)4-2/h4,10-21H,2-3,5-9,22-25H2,1H3. The van der Waals surface area contributed by atoms with Crippen molar-refractivity contribution in [2.75, 3.05) is 20.0 Å². The Bertz CT molecular complexity index is 1060. The predicted molar refractivity (Wildman–Crippen MR) is 148 cm³/mol. The van der Waals surface area contributed by atoms with Crippen LogP contribution in [0.4, 0.5) is 0 Å². The molecule has 5 heteroatoms. The Morgan fingerprint density at radius 1 is 0.676 bits per heavy atom. The van der Waals surface area contributed by atoms with Crippen LogP contribution in [0.1, 0.15) is 51.0 Å². The summed E-state index contributed by atoms with van der Waals surface area (Å²) in [7, 11) is 0. The Labute approximate surface area is 221 Å². The maximum absolute atomic E-state index is 11.1. The van der Waals surface area contributed by atoms with E-state index in [0.29, 0.717) is 18.8 Å². The van der Waals surface area contributed by atoms with Gasteiger partial charge in [-0.25, -0.2) is 4.79 Å². The van der Waals surface area contributed by atoms with Gasteiger partial charge < -0.3 is 18.9 Å². The number of rotatable bonds is 17. The summed E-state index contributed by atoms with van der Waals surface area (Å²) in [5.74, 6) is 1.95. The number of hydrogen-bond donors (Lipinski definition) is 0. The van der Waals surface area contributed by atoms with Crippen LogP contribution in [0.5, 0.6) is 17.2 Å². The largest absolute Gasteiger partial charge is 0.494 e. The van der Waals surface area contributed by atoms with Gasteiger partial charge in [0, 0.05) is 12.5 Å². The van der Waals surface area contributed by atoms with Crippen molar-refractivity contribution in [1.29, 1.82) is 0 Å². The lowest BCUT2D eigenvalue weighted by atomic mass is 10.1. The molecule has 37 heavy (non-hydrogen) atoms. The van der Waals surface area contributed by atoms with Crippen molar-refractivity contribution in [2.24, 2.45) is 0 Å². The number of esters is 1. The Hall–Kier alpha value is -3.73. The van der Waals surface area contributed by atoms with Crippen LogP contribution in [0.3, 0.4) is 0 Å². The van der Waals surface area contributed by atoms with E-state index in [9.17, 15) is 4.79 Å². The number of ether oxygens (including phenoxy) is 4. The smallest absolute Gasteiger partial charge is 0.330 e. The third-order valence-electron chi connectivity index (χ3n) is 5.98. The molecule has 0 bridgehead atoms. The zero-order valence-electron chi connectivity index (χ0n) is 21.8. The lowest BCUT2D eigenvalue weighted by Gasteiger charge is -2.10. The van der Waals surface area contributed by atoms with Crippen molar-refractivity contribution in [3.63, 3.8) is 0 Å². The summed E-state index contributed by atoms with van der Waals surface area (Å²) in [5, 5.41) is 0. The maximum Gasteiger partial charge on any atom is 0.330 e. The Balaban J connectivity index is 1.36. The third-order valence-corrected chi connectivity index (χ3v) is 5.98. The summed E-state index contributed by atoms with van der Waals surface area (Å²) in [4.78, 5) is 11.1. The zero-order chi connectivity index (χ0) is 26.1. The molecular formula is C32H38O5. The minimum atomic E-state index is -0.410. The number of carbonyl (C=O) groups is 1. The van der Waals surface area contributed by atoms with Crippen LogP contribution in [-0.2, 0) is 16.0 Å². The third kappa shape index (κ3) is 10.4. The van der Waals surface area contributed by atoms with E-state index in [1.165, 1.54) is 32.1 Å². The highest BCUT2D eigenvalue weighted by atomic mass is 16.7. The molecule has 0 unspecified atom stereocenters. The summed E-state index contributed by atoms with van der Waals surface area (Å²) in [6.45, 7) is 6.83. The Morgan fingerprint density at radius 2 is 1.19 bits per heavy atom. The molecule has 3 aromatic carbocycles. The molecule has 0 aliphatic heterocycles. The van der Waals surface area contributed by atoms with Gasteiger partial charge in [0.2, 0.25) is 6.79 Å². The molecule has 3 aromatic rings. The van der Waals surface area contributed by atoms with Gasteiger partial charge in [-0.1, -0.05) is 82.0 Å². The van der Waals surface area contributed by atoms with Crippen molar-refractivity contribution >= 4 is 5.97 Å². The second-order valence-electron chi connectivity index (χ2n) is 8.84. The molecule has 0 aromatic heterocycles. The van der Waals surface area contributed by atoms with Gasteiger partial charge in [0.15, 0.2) is 0 Å². The molecule has 0 atom stereocenters. The molecule has 0 fully saturated rings. The molecule has 0 radical (unpaired) electrons. The van der Waals surface area contributed by atoms with Crippen LogP contribution in [-0.4, -0.2) is 26.0 Å². The monoisotopic (exact) mass is 502 g/mol. The highest BCUT2D eigenvalue weighted by molar-refractivity contribution is 5.81. The normalized spacial score (nSPS) is 10.5. The first kappa shape index (κ1) is 27.9. The lowest BCUT2D eigenvalue weighted by molar-refractivity contribution is -0.137. The predicted octanol–water partition coefficient (Wildman–Crippen LogP) is 7.78. The van der Waals surface area contributed by atoms with Crippen LogP contribution in [0, 0.1) is 0 Å². The molecule has 0 N–H and O–H groups in total. The van der Waals surface area contributed by atoms with Crippen molar-refractivity contribution in [3.8, 4) is 28.4 Å². The maximum atomic E-state index is 11.1. The van der Waals surface area contributed by atoms with Crippen LogP contribution in [0.25, 0.3) is 11.1 Å². The first-order valence-electron chi connectivity index (χ1n) is 13.1. The van der Waals surface area contributed by atoms with E-state index in [-0.39, 0.29) is 6.79 Å². The SMILES string of the molecule is C=CC(=O)OCCc1ccc(OCOc2ccc(-c3ccc(OCCCCCCCC)cc3)cc2)cc1. The molecule has 0 saturated carbocycles.